The van der Waals surface area contributed by atoms with Gasteiger partial charge in [0.2, 0.25) is 5.91 Å². The van der Waals surface area contributed by atoms with Gasteiger partial charge in [-0.3, -0.25) is 9.59 Å². The first-order chi connectivity index (χ1) is 14.1. The maximum absolute atomic E-state index is 13.2. The fourth-order valence-corrected chi connectivity index (χ4v) is 3.48. The molecule has 5 nitrogen and oxygen atoms in total. The van der Waals surface area contributed by atoms with Crippen LogP contribution in [0, 0.1) is 11.2 Å². The number of halogens is 1. The number of amides is 2. The summed E-state index contributed by atoms with van der Waals surface area (Å²) in [5.41, 5.74) is 2.24. The van der Waals surface area contributed by atoms with E-state index < -0.39 is 6.10 Å². The Balaban J connectivity index is 1.83. The van der Waals surface area contributed by atoms with Crippen LogP contribution in [0.4, 0.5) is 10.1 Å². The molecule has 160 valence electrons. The predicted molar refractivity (Wildman–Crippen MR) is 115 cm³/mol. The van der Waals surface area contributed by atoms with Crippen LogP contribution in [0.1, 0.15) is 51.7 Å². The molecule has 0 fully saturated rings. The molecule has 0 aliphatic carbocycles. The normalized spacial score (nSPS) is 16.5. The molecule has 6 heteroatoms. The van der Waals surface area contributed by atoms with Crippen molar-refractivity contribution in [2.45, 2.75) is 59.7 Å². The number of fused-ring (bicyclic) bond motifs is 1. The van der Waals surface area contributed by atoms with E-state index in [1.165, 1.54) is 12.1 Å². The number of anilines is 1. The van der Waals surface area contributed by atoms with Crippen molar-refractivity contribution in [1.29, 1.82) is 0 Å². The van der Waals surface area contributed by atoms with Gasteiger partial charge in [0.15, 0.2) is 6.10 Å². The Kier molecular flexibility index (Phi) is 6.44. The number of nitrogens with zero attached hydrogens (tertiary/aromatic N) is 1. The summed E-state index contributed by atoms with van der Waals surface area (Å²) in [5, 5.41) is 2.94. The van der Waals surface area contributed by atoms with Crippen molar-refractivity contribution in [1.82, 2.24) is 4.90 Å². The Morgan fingerprint density at radius 2 is 1.90 bits per heavy atom. The highest BCUT2D eigenvalue weighted by atomic mass is 19.1. The van der Waals surface area contributed by atoms with Gasteiger partial charge in [-0.2, -0.15) is 0 Å². The molecule has 1 atom stereocenters. The molecule has 1 heterocycles. The number of carbonyl (C=O) groups is 2. The zero-order chi connectivity index (χ0) is 21.9. The maximum Gasteiger partial charge on any atom is 0.264 e. The molecule has 1 aliphatic heterocycles. The molecule has 0 bridgehead atoms. The topological polar surface area (TPSA) is 58.6 Å². The molecule has 1 N–H and O–H groups in total. The number of ether oxygens (including phenoxy) is 1. The van der Waals surface area contributed by atoms with Crippen molar-refractivity contribution in [3.05, 3.63) is 59.4 Å². The lowest BCUT2D eigenvalue weighted by Gasteiger charge is -2.23. The summed E-state index contributed by atoms with van der Waals surface area (Å²) in [4.78, 5) is 27.0. The van der Waals surface area contributed by atoms with Crippen molar-refractivity contribution < 1.29 is 18.7 Å². The summed E-state index contributed by atoms with van der Waals surface area (Å²) in [6, 6.07) is 11.6. The number of hydrogen-bond acceptors (Lipinski definition) is 3. The van der Waals surface area contributed by atoms with Crippen LogP contribution in [0.5, 0.6) is 5.75 Å². The monoisotopic (exact) mass is 412 g/mol. The van der Waals surface area contributed by atoms with Gasteiger partial charge < -0.3 is 15.0 Å². The van der Waals surface area contributed by atoms with E-state index in [0.29, 0.717) is 37.4 Å². The SMILES string of the molecule is CCC1Oc2ccc(NC(=O)CC(C)(C)C)cc2CN(Cc2ccc(F)cc2)C1=O. The fraction of sp³-hybridized carbons (Fsp3) is 0.417. The standard InChI is InChI=1S/C24H29FN2O3/c1-5-20-23(29)27(14-16-6-8-18(25)9-7-16)15-17-12-19(10-11-21(17)30-20)26-22(28)13-24(2,3)4/h6-12,20H,5,13-15H2,1-4H3,(H,26,28). The molecule has 0 spiro atoms. The van der Waals surface area contributed by atoms with Crippen LogP contribution in [0.25, 0.3) is 0 Å². The zero-order valence-electron chi connectivity index (χ0n) is 18.0. The molecule has 0 saturated carbocycles. The molecule has 0 radical (unpaired) electrons. The van der Waals surface area contributed by atoms with E-state index in [2.05, 4.69) is 5.32 Å². The summed E-state index contributed by atoms with van der Waals surface area (Å²) >= 11 is 0. The molecular weight excluding hydrogens is 383 g/mol. The summed E-state index contributed by atoms with van der Waals surface area (Å²) in [5.74, 6) is 0.182. The maximum atomic E-state index is 13.2. The van der Waals surface area contributed by atoms with Gasteiger partial charge in [-0.25, -0.2) is 4.39 Å². The first-order valence-electron chi connectivity index (χ1n) is 10.3. The third kappa shape index (κ3) is 5.59. The molecule has 1 aliphatic rings. The van der Waals surface area contributed by atoms with Crippen molar-refractivity contribution >= 4 is 17.5 Å². The number of rotatable bonds is 5. The van der Waals surface area contributed by atoms with Gasteiger partial charge in [-0.1, -0.05) is 39.8 Å². The minimum atomic E-state index is -0.576. The van der Waals surface area contributed by atoms with Crippen LogP contribution in [0.15, 0.2) is 42.5 Å². The van der Waals surface area contributed by atoms with Crippen molar-refractivity contribution in [3.8, 4) is 5.75 Å². The van der Waals surface area contributed by atoms with E-state index in [1.807, 2.05) is 33.8 Å². The van der Waals surface area contributed by atoms with E-state index in [-0.39, 0.29) is 23.0 Å². The van der Waals surface area contributed by atoms with Crippen molar-refractivity contribution in [2.24, 2.45) is 5.41 Å². The Hall–Kier alpha value is -2.89. The molecule has 3 rings (SSSR count). The highest BCUT2D eigenvalue weighted by Crippen LogP contribution is 2.30. The lowest BCUT2D eigenvalue weighted by Crippen LogP contribution is -2.38. The first kappa shape index (κ1) is 21.8. The third-order valence-corrected chi connectivity index (χ3v) is 4.91. The van der Waals surface area contributed by atoms with Gasteiger partial charge in [0, 0.05) is 30.8 Å². The lowest BCUT2D eigenvalue weighted by atomic mass is 9.92. The minimum absolute atomic E-state index is 0.0531. The van der Waals surface area contributed by atoms with Gasteiger partial charge >= 0.3 is 0 Å². The molecule has 0 aromatic heterocycles. The van der Waals surface area contributed by atoms with Gasteiger partial charge in [-0.05, 0) is 47.7 Å². The fourth-order valence-electron chi connectivity index (χ4n) is 3.48. The summed E-state index contributed by atoms with van der Waals surface area (Å²) in [6.07, 6.45) is 0.378. The lowest BCUT2D eigenvalue weighted by molar-refractivity contribution is -0.139. The Morgan fingerprint density at radius 1 is 1.20 bits per heavy atom. The summed E-state index contributed by atoms with van der Waals surface area (Å²) in [6.45, 7) is 8.67. The van der Waals surface area contributed by atoms with Crippen LogP contribution in [0.2, 0.25) is 0 Å². The van der Waals surface area contributed by atoms with Gasteiger partial charge in [0.1, 0.15) is 11.6 Å². The Labute approximate surface area is 177 Å². The predicted octanol–water partition coefficient (Wildman–Crippen LogP) is 4.90. The second kappa shape index (κ2) is 8.86. The third-order valence-electron chi connectivity index (χ3n) is 4.91. The molecule has 1 unspecified atom stereocenters. The molecule has 30 heavy (non-hydrogen) atoms. The zero-order valence-corrected chi connectivity index (χ0v) is 18.0. The van der Waals surface area contributed by atoms with E-state index in [0.717, 1.165) is 11.1 Å². The molecule has 2 aromatic carbocycles. The van der Waals surface area contributed by atoms with Crippen LogP contribution >= 0.6 is 0 Å². The van der Waals surface area contributed by atoms with Crippen molar-refractivity contribution in [2.75, 3.05) is 5.32 Å². The molecular formula is C24H29FN2O3. The number of nitrogens with one attached hydrogen (secondary N) is 1. The smallest absolute Gasteiger partial charge is 0.264 e. The van der Waals surface area contributed by atoms with E-state index in [4.69, 9.17) is 4.74 Å². The minimum Gasteiger partial charge on any atom is -0.480 e. The molecule has 2 amide bonds. The average molecular weight is 413 g/mol. The molecule has 0 saturated heterocycles. The van der Waals surface area contributed by atoms with E-state index >= 15 is 0 Å². The number of hydrogen-bond donors (Lipinski definition) is 1. The van der Waals surface area contributed by atoms with Crippen LogP contribution in [-0.2, 0) is 22.7 Å². The average Bonchev–Trinajstić information content (AvgIpc) is 2.78. The second-order valence-corrected chi connectivity index (χ2v) is 8.94. The van der Waals surface area contributed by atoms with Crippen molar-refractivity contribution in [3.63, 3.8) is 0 Å². The van der Waals surface area contributed by atoms with Crippen LogP contribution in [-0.4, -0.2) is 22.8 Å². The van der Waals surface area contributed by atoms with Gasteiger partial charge in [0.05, 0.1) is 0 Å². The highest BCUT2D eigenvalue weighted by Gasteiger charge is 2.30. The number of carbonyl (C=O) groups excluding carboxylic acids is 2. The van der Waals surface area contributed by atoms with E-state index in [1.54, 1.807) is 29.2 Å². The Morgan fingerprint density at radius 3 is 2.53 bits per heavy atom. The first-order valence-corrected chi connectivity index (χ1v) is 10.3. The van der Waals surface area contributed by atoms with Gasteiger partial charge in [0.25, 0.3) is 5.91 Å². The highest BCUT2D eigenvalue weighted by molar-refractivity contribution is 5.91. The van der Waals surface area contributed by atoms with Crippen LogP contribution < -0.4 is 10.1 Å². The largest absolute Gasteiger partial charge is 0.480 e. The van der Waals surface area contributed by atoms with Gasteiger partial charge in [-0.15, -0.1) is 0 Å². The summed E-state index contributed by atoms with van der Waals surface area (Å²) in [7, 11) is 0. The molecule has 2 aromatic rings. The summed E-state index contributed by atoms with van der Waals surface area (Å²) < 4.78 is 19.2. The number of benzene rings is 2. The van der Waals surface area contributed by atoms with E-state index in [9.17, 15) is 14.0 Å². The quantitative estimate of drug-likeness (QED) is 0.760. The second-order valence-electron chi connectivity index (χ2n) is 8.94. The Bertz CT molecular complexity index is 919. The van der Waals surface area contributed by atoms with Crippen LogP contribution in [0.3, 0.4) is 0 Å².